The Kier molecular flexibility index (Phi) is 5.67. The molecule has 0 bridgehead atoms. The van der Waals surface area contributed by atoms with Crippen LogP contribution in [0, 0.1) is 11.3 Å². The summed E-state index contributed by atoms with van der Waals surface area (Å²) >= 11 is 0. The third kappa shape index (κ3) is 4.38. The predicted octanol–water partition coefficient (Wildman–Crippen LogP) is 2.87. The minimum Gasteiger partial charge on any atom is -0.494 e. The lowest BCUT2D eigenvalue weighted by Gasteiger charge is -2.25. The van der Waals surface area contributed by atoms with Crippen LogP contribution < -0.4 is 10.1 Å². The Morgan fingerprint density at radius 2 is 1.94 bits per heavy atom. The van der Waals surface area contributed by atoms with Crippen LogP contribution in [-0.4, -0.2) is 19.7 Å². The fourth-order valence-electron chi connectivity index (χ4n) is 1.82. The molecule has 0 unspecified atom stereocenters. The number of ether oxygens (including phenoxy) is 1. The van der Waals surface area contributed by atoms with Crippen LogP contribution in [0.25, 0.3) is 0 Å². The molecular weight excluding hydrogens is 224 g/mol. The van der Waals surface area contributed by atoms with Crippen molar-refractivity contribution in [2.45, 2.75) is 32.6 Å². The van der Waals surface area contributed by atoms with Crippen molar-refractivity contribution in [2.24, 2.45) is 0 Å². The number of nitrogens with zero attached hydrogens (tertiary/aromatic N) is 1. The zero-order chi connectivity index (χ0) is 13.4. The first-order valence-corrected chi connectivity index (χ1v) is 6.41. The van der Waals surface area contributed by atoms with Gasteiger partial charge in [-0.3, -0.25) is 0 Å². The summed E-state index contributed by atoms with van der Waals surface area (Å²) in [7, 11) is 0. The fourth-order valence-corrected chi connectivity index (χ4v) is 1.82. The van der Waals surface area contributed by atoms with Gasteiger partial charge >= 0.3 is 0 Å². The molecule has 0 aromatic heterocycles. The number of nitrogens with one attached hydrogen (secondary N) is 1. The normalized spacial score (nSPS) is 11.0. The van der Waals surface area contributed by atoms with Crippen LogP contribution in [0.1, 0.15) is 32.8 Å². The van der Waals surface area contributed by atoms with Gasteiger partial charge in [0.1, 0.15) is 5.75 Å². The van der Waals surface area contributed by atoms with Crippen LogP contribution in [0.5, 0.6) is 5.75 Å². The molecule has 0 radical (unpaired) electrons. The molecule has 98 valence electrons. The summed E-state index contributed by atoms with van der Waals surface area (Å²) in [6, 6.07) is 10.4. The minimum absolute atomic E-state index is 0.0558. The maximum atomic E-state index is 8.49. The number of rotatable bonds is 7. The standard InChI is InChI=1S/C15H22N2O/c1-4-18-14-8-6-13(7-9-14)15(2,3)12-17-11-5-10-16/h6-9,17H,4-5,11-12H2,1-3H3. The topological polar surface area (TPSA) is 45.0 Å². The number of nitriles is 1. The summed E-state index contributed by atoms with van der Waals surface area (Å²) in [4.78, 5) is 0. The first-order valence-electron chi connectivity index (χ1n) is 6.41. The second kappa shape index (κ2) is 7.03. The van der Waals surface area contributed by atoms with Gasteiger partial charge in [0, 0.05) is 24.9 Å². The maximum Gasteiger partial charge on any atom is 0.119 e. The molecule has 0 spiro atoms. The highest BCUT2D eigenvalue weighted by atomic mass is 16.5. The van der Waals surface area contributed by atoms with Gasteiger partial charge < -0.3 is 10.1 Å². The lowest BCUT2D eigenvalue weighted by Crippen LogP contribution is -2.33. The molecule has 3 heteroatoms. The van der Waals surface area contributed by atoms with Gasteiger partial charge in [0.05, 0.1) is 12.7 Å². The fraction of sp³-hybridized carbons (Fsp3) is 0.533. The molecule has 0 aliphatic heterocycles. The first-order chi connectivity index (χ1) is 8.60. The van der Waals surface area contributed by atoms with E-state index in [1.165, 1.54) is 5.56 Å². The summed E-state index contributed by atoms with van der Waals surface area (Å²) in [6.07, 6.45) is 0.555. The van der Waals surface area contributed by atoms with E-state index in [0.717, 1.165) is 18.8 Å². The molecule has 0 heterocycles. The molecule has 1 rings (SSSR count). The third-order valence-corrected chi connectivity index (χ3v) is 2.93. The maximum absolute atomic E-state index is 8.49. The van der Waals surface area contributed by atoms with Crippen molar-refractivity contribution in [2.75, 3.05) is 19.7 Å². The largest absolute Gasteiger partial charge is 0.494 e. The molecule has 0 saturated carbocycles. The zero-order valence-electron chi connectivity index (χ0n) is 11.5. The van der Waals surface area contributed by atoms with Crippen LogP contribution >= 0.6 is 0 Å². The van der Waals surface area contributed by atoms with Gasteiger partial charge in [0.2, 0.25) is 0 Å². The number of hydrogen-bond acceptors (Lipinski definition) is 3. The van der Waals surface area contributed by atoms with Gasteiger partial charge in [-0.2, -0.15) is 5.26 Å². The summed E-state index contributed by atoms with van der Waals surface area (Å²) < 4.78 is 5.43. The summed E-state index contributed by atoms with van der Waals surface area (Å²) in [5.41, 5.74) is 1.33. The zero-order valence-corrected chi connectivity index (χ0v) is 11.5. The lowest BCUT2D eigenvalue weighted by atomic mass is 9.84. The number of benzene rings is 1. The van der Waals surface area contributed by atoms with Crippen molar-refractivity contribution in [3.63, 3.8) is 0 Å². The average molecular weight is 246 g/mol. The SMILES string of the molecule is CCOc1ccc(C(C)(C)CNCCC#N)cc1. The molecule has 1 aromatic carbocycles. The van der Waals surface area contributed by atoms with Crippen LogP contribution in [0.2, 0.25) is 0 Å². The highest BCUT2D eigenvalue weighted by Crippen LogP contribution is 2.24. The Balaban J connectivity index is 2.58. The average Bonchev–Trinajstić information content (AvgIpc) is 2.36. The van der Waals surface area contributed by atoms with Crippen LogP contribution in [0.15, 0.2) is 24.3 Å². The van der Waals surface area contributed by atoms with Crippen molar-refractivity contribution in [1.29, 1.82) is 5.26 Å². The Hall–Kier alpha value is -1.53. The third-order valence-electron chi connectivity index (χ3n) is 2.93. The molecule has 3 nitrogen and oxygen atoms in total. The van der Waals surface area contributed by atoms with Crippen molar-refractivity contribution < 1.29 is 4.74 Å². The van der Waals surface area contributed by atoms with Gasteiger partial charge in [-0.15, -0.1) is 0 Å². The smallest absolute Gasteiger partial charge is 0.119 e. The molecule has 0 fully saturated rings. The van der Waals surface area contributed by atoms with E-state index >= 15 is 0 Å². The highest BCUT2D eigenvalue weighted by Gasteiger charge is 2.19. The van der Waals surface area contributed by atoms with Crippen LogP contribution in [0.3, 0.4) is 0 Å². The van der Waals surface area contributed by atoms with Crippen LogP contribution in [-0.2, 0) is 5.41 Å². The lowest BCUT2D eigenvalue weighted by molar-refractivity contribution is 0.340. The monoisotopic (exact) mass is 246 g/mol. The summed E-state index contributed by atoms with van der Waals surface area (Å²) in [6.45, 7) is 8.68. The Bertz CT molecular complexity index is 390. The van der Waals surface area contributed by atoms with E-state index in [1.54, 1.807) is 0 Å². The number of hydrogen-bond donors (Lipinski definition) is 1. The minimum atomic E-state index is 0.0558. The van der Waals surface area contributed by atoms with Gasteiger partial charge in [0.15, 0.2) is 0 Å². The van der Waals surface area contributed by atoms with Crippen molar-refractivity contribution >= 4 is 0 Å². The Morgan fingerprint density at radius 1 is 1.28 bits per heavy atom. The van der Waals surface area contributed by atoms with E-state index in [-0.39, 0.29) is 5.41 Å². The van der Waals surface area contributed by atoms with E-state index in [2.05, 4.69) is 37.4 Å². The molecule has 1 aromatic rings. The molecule has 0 saturated heterocycles. The molecule has 0 atom stereocenters. The summed E-state index contributed by atoms with van der Waals surface area (Å²) in [5, 5.41) is 11.8. The van der Waals surface area contributed by atoms with E-state index in [9.17, 15) is 0 Å². The second-order valence-electron chi connectivity index (χ2n) is 4.93. The van der Waals surface area contributed by atoms with Gasteiger partial charge in [-0.25, -0.2) is 0 Å². The van der Waals surface area contributed by atoms with Gasteiger partial charge in [-0.1, -0.05) is 26.0 Å². The highest BCUT2D eigenvalue weighted by molar-refractivity contribution is 5.31. The quantitative estimate of drug-likeness (QED) is 0.752. The van der Waals surface area contributed by atoms with Crippen molar-refractivity contribution in [1.82, 2.24) is 5.32 Å². The molecule has 0 aliphatic rings. The second-order valence-corrected chi connectivity index (χ2v) is 4.93. The molecular formula is C15H22N2O. The Labute approximate surface area is 110 Å². The molecule has 0 aliphatic carbocycles. The van der Waals surface area contributed by atoms with Crippen LogP contribution in [0.4, 0.5) is 0 Å². The summed E-state index contributed by atoms with van der Waals surface area (Å²) in [5.74, 6) is 0.912. The molecule has 18 heavy (non-hydrogen) atoms. The molecule has 0 amide bonds. The van der Waals surface area contributed by atoms with Gasteiger partial charge in [-0.05, 0) is 24.6 Å². The van der Waals surface area contributed by atoms with Gasteiger partial charge in [0.25, 0.3) is 0 Å². The van der Waals surface area contributed by atoms with E-state index in [1.807, 2.05) is 19.1 Å². The van der Waals surface area contributed by atoms with E-state index in [0.29, 0.717) is 13.0 Å². The van der Waals surface area contributed by atoms with E-state index < -0.39 is 0 Å². The Morgan fingerprint density at radius 3 is 2.50 bits per heavy atom. The van der Waals surface area contributed by atoms with Crippen molar-refractivity contribution in [3.05, 3.63) is 29.8 Å². The predicted molar refractivity (Wildman–Crippen MR) is 73.7 cm³/mol. The van der Waals surface area contributed by atoms with Crippen molar-refractivity contribution in [3.8, 4) is 11.8 Å². The molecule has 1 N–H and O–H groups in total. The first kappa shape index (κ1) is 14.5. The van der Waals surface area contributed by atoms with E-state index in [4.69, 9.17) is 10.00 Å².